The van der Waals surface area contributed by atoms with Crippen molar-refractivity contribution < 1.29 is 14.3 Å². The fourth-order valence-corrected chi connectivity index (χ4v) is 2.73. The van der Waals surface area contributed by atoms with Crippen molar-refractivity contribution in [3.8, 4) is 6.07 Å². The van der Waals surface area contributed by atoms with Crippen LogP contribution in [-0.2, 0) is 14.3 Å². The molecule has 0 amide bonds. The Kier molecular flexibility index (Phi) is 5.30. The Morgan fingerprint density at radius 1 is 1.48 bits per heavy atom. The van der Waals surface area contributed by atoms with Gasteiger partial charge in [-0.1, -0.05) is 30.7 Å². The Morgan fingerprint density at radius 3 is 2.78 bits per heavy atom. The topological polar surface area (TPSA) is 85.3 Å². The molecule has 120 valence electrons. The monoisotopic (exact) mass is 332 g/mol. The average molecular weight is 333 g/mol. The zero-order chi connectivity index (χ0) is 17.0. The molecule has 0 saturated carbocycles. The van der Waals surface area contributed by atoms with E-state index in [1.54, 1.807) is 31.2 Å². The molecule has 1 heterocycles. The summed E-state index contributed by atoms with van der Waals surface area (Å²) < 4.78 is 10.6. The van der Waals surface area contributed by atoms with E-state index in [1.165, 1.54) is 0 Å². The second-order valence-electron chi connectivity index (χ2n) is 4.89. The molecular formula is C17H17ClN2O3. The molecule has 0 saturated heterocycles. The number of carbonyl (C=O) groups is 1. The number of hydrogen-bond acceptors (Lipinski definition) is 5. The van der Waals surface area contributed by atoms with Crippen LogP contribution >= 0.6 is 11.6 Å². The summed E-state index contributed by atoms with van der Waals surface area (Å²) in [6, 6.07) is 9.01. The Labute approximate surface area is 139 Å². The first-order chi connectivity index (χ1) is 11.0. The molecule has 0 aliphatic carbocycles. The van der Waals surface area contributed by atoms with Crippen LogP contribution in [-0.4, -0.2) is 12.6 Å². The summed E-state index contributed by atoms with van der Waals surface area (Å²) in [5, 5.41) is 9.98. The second-order valence-corrected chi connectivity index (χ2v) is 5.33. The first-order valence-corrected chi connectivity index (χ1v) is 7.64. The number of benzene rings is 1. The molecule has 0 bridgehead atoms. The van der Waals surface area contributed by atoms with E-state index in [4.69, 9.17) is 26.8 Å². The number of allylic oxidation sites excluding steroid dienone is 2. The smallest absolute Gasteiger partial charge is 0.338 e. The van der Waals surface area contributed by atoms with Gasteiger partial charge in [0.1, 0.15) is 17.4 Å². The summed E-state index contributed by atoms with van der Waals surface area (Å²) in [4.78, 5) is 12.4. The predicted octanol–water partition coefficient (Wildman–Crippen LogP) is 3.37. The SMILES string of the molecule is CCOC(=O)C1=C(CC)OC(N)=C(C#N)[C@H]1c1cccc(Cl)c1. The summed E-state index contributed by atoms with van der Waals surface area (Å²) >= 11 is 6.06. The van der Waals surface area contributed by atoms with E-state index in [-0.39, 0.29) is 18.1 Å². The third kappa shape index (κ3) is 3.33. The van der Waals surface area contributed by atoms with Crippen LogP contribution in [0.1, 0.15) is 31.7 Å². The van der Waals surface area contributed by atoms with E-state index < -0.39 is 11.9 Å². The minimum Gasteiger partial charge on any atom is -0.463 e. The molecule has 0 radical (unpaired) electrons. The fourth-order valence-electron chi connectivity index (χ4n) is 2.53. The highest BCUT2D eigenvalue weighted by Crippen LogP contribution is 2.40. The molecule has 2 rings (SSSR count). The van der Waals surface area contributed by atoms with Crippen molar-refractivity contribution in [2.24, 2.45) is 5.73 Å². The lowest BCUT2D eigenvalue weighted by atomic mass is 9.82. The lowest BCUT2D eigenvalue weighted by Crippen LogP contribution is -2.26. The molecule has 1 aromatic carbocycles. The van der Waals surface area contributed by atoms with Crippen LogP contribution in [0.25, 0.3) is 0 Å². The summed E-state index contributed by atoms with van der Waals surface area (Å²) in [7, 11) is 0. The van der Waals surface area contributed by atoms with Gasteiger partial charge in [-0.2, -0.15) is 5.26 Å². The Balaban J connectivity index is 2.66. The van der Waals surface area contributed by atoms with Crippen LogP contribution in [0.5, 0.6) is 0 Å². The van der Waals surface area contributed by atoms with Crippen LogP contribution in [0, 0.1) is 11.3 Å². The third-order valence-corrected chi connectivity index (χ3v) is 3.73. The number of ether oxygens (including phenoxy) is 2. The molecular weight excluding hydrogens is 316 g/mol. The molecule has 0 fully saturated rings. The van der Waals surface area contributed by atoms with E-state index >= 15 is 0 Å². The first-order valence-electron chi connectivity index (χ1n) is 7.26. The molecule has 1 aliphatic rings. The number of carbonyl (C=O) groups excluding carboxylic acids is 1. The van der Waals surface area contributed by atoms with E-state index in [9.17, 15) is 10.1 Å². The molecule has 1 atom stereocenters. The molecule has 2 N–H and O–H groups in total. The second kappa shape index (κ2) is 7.21. The minimum absolute atomic E-state index is 0.00220. The highest BCUT2D eigenvalue weighted by atomic mass is 35.5. The normalized spacial score (nSPS) is 17.6. The van der Waals surface area contributed by atoms with Gasteiger partial charge in [0.2, 0.25) is 5.88 Å². The molecule has 23 heavy (non-hydrogen) atoms. The Bertz CT molecular complexity index is 732. The van der Waals surface area contributed by atoms with Gasteiger partial charge in [-0.15, -0.1) is 0 Å². The molecule has 5 nitrogen and oxygen atoms in total. The van der Waals surface area contributed by atoms with Crippen molar-refractivity contribution in [2.45, 2.75) is 26.2 Å². The fraction of sp³-hybridized carbons (Fsp3) is 0.294. The quantitative estimate of drug-likeness (QED) is 0.854. The summed E-state index contributed by atoms with van der Waals surface area (Å²) in [6.07, 6.45) is 0.449. The van der Waals surface area contributed by atoms with Crippen molar-refractivity contribution in [2.75, 3.05) is 6.61 Å². The largest absolute Gasteiger partial charge is 0.463 e. The Morgan fingerprint density at radius 2 is 2.22 bits per heavy atom. The van der Waals surface area contributed by atoms with Crippen molar-refractivity contribution in [1.29, 1.82) is 5.26 Å². The van der Waals surface area contributed by atoms with Gasteiger partial charge in [0.15, 0.2) is 0 Å². The van der Waals surface area contributed by atoms with Crippen molar-refractivity contribution >= 4 is 17.6 Å². The van der Waals surface area contributed by atoms with E-state index in [1.807, 2.05) is 13.0 Å². The minimum atomic E-state index is -0.651. The maximum absolute atomic E-state index is 12.4. The number of esters is 1. The van der Waals surface area contributed by atoms with Crippen molar-refractivity contribution in [3.63, 3.8) is 0 Å². The Hall–Kier alpha value is -2.45. The lowest BCUT2D eigenvalue weighted by molar-refractivity contribution is -0.139. The molecule has 0 unspecified atom stereocenters. The number of hydrogen-bond donors (Lipinski definition) is 1. The number of nitrogens with two attached hydrogens (primary N) is 1. The number of nitrogens with zero attached hydrogens (tertiary/aromatic N) is 1. The van der Waals surface area contributed by atoms with Gasteiger partial charge in [0, 0.05) is 11.4 Å². The summed E-state index contributed by atoms with van der Waals surface area (Å²) in [5.41, 5.74) is 7.03. The van der Waals surface area contributed by atoms with Crippen LogP contribution in [0.3, 0.4) is 0 Å². The average Bonchev–Trinajstić information content (AvgIpc) is 2.53. The predicted molar refractivity (Wildman–Crippen MR) is 86.1 cm³/mol. The van der Waals surface area contributed by atoms with Gasteiger partial charge in [-0.05, 0) is 24.6 Å². The standard InChI is InChI=1S/C17H17ClN2O3/c1-3-13-15(17(21)22-4-2)14(12(9-19)16(20)23-13)10-6-5-7-11(18)8-10/h5-8,14H,3-4,20H2,1-2H3/t14-/m1/s1. The van der Waals surface area contributed by atoms with Crippen LogP contribution < -0.4 is 5.73 Å². The molecule has 1 aromatic rings. The third-order valence-electron chi connectivity index (χ3n) is 3.50. The highest BCUT2D eigenvalue weighted by molar-refractivity contribution is 6.30. The lowest BCUT2D eigenvalue weighted by Gasteiger charge is -2.27. The van der Waals surface area contributed by atoms with Gasteiger partial charge in [-0.25, -0.2) is 4.79 Å². The van der Waals surface area contributed by atoms with Crippen LogP contribution in [0.15, 0.2) is 47.1 Å². The maximum Gasteiger partial charge on any atom is 0.338 e. The maximum atomic E-state index is 12.4. The van der Waals surface area contributed by atoms with E-state index in [0.29, 0.717) is 28.3 Å². The molecule has 1 aliphatic heterocycles. The van der Waals surface area contributed by atoms with Gasteiger partial charge >= 0.3 is 5.97 Å². The zero-order valence-corrected chi connectivity index (χ0v) is 13.7. The molecule has 0 spiro atoms. The van der Waals surface area contributed by atoms with Crippen LogP contribution in [0.4, 0.5) is 0 Å². The van der Waals surface area contributed by atoms with E-state index in [0.717, 1.165) is 0 Å². The van der Waals surface area contributed by atoms with Crippen molar-refractivity contribution in [3.05, 3.63) is 57.6 Å². The van der Waals surface area contributed by atoms with Gasteiger partial charge in [0.05, 0.1) is 18.1 Å². The number of nitriles is 1. The first kappa shape index (κ1) is 16.9. The zero-order valence-electron chi connectivity index (χ0n) is 12.9. The van der Waals surface area contributed by atoms with E-state index in [2.05, 4.69) is 0 Å². The summed E-state index contributed by atoms with van der Waals surface area (Å²) in [5.74, 6) is -0.761. The number of halogens is 1. The number of rotatable bonds is 4. The van der Waals surface area contributed by atoms with Crippen molar-refractivity contribution in [1.82, 2.24) is 0 Å². The van der Waals surface area contributed by atoms with Gasteiger partial charge in [-0.3, -0.25) is 0 Å². The highest BCUT2D eigenvalue weighted by Gasteiger charge is 2.37. The molecule has 6 heteroatoms. The van der Waals surface area contributed by atoms with Gasteiger partial charge < -0.3 is 15.2 Å². The van der Waals surface area contributed by atoms with Crippen LogP contribution in [0.2, 0.25) is 5.02 Å². The van der Waals surface area contributed by atoms with Gasteiger partial charge in [0.25, 0.3) is 0 Å². The summed E-state index contributed by atoms with van der Waals surface area (Å²) in [6.45, 7) is 3.79. The molecule has 0 aromatic heterocycles.